The predicted molar refractivity (Wildman–Crippen MR) is 119 cm³/mol. The minimum Gasteiger partial charge on any atom is -0.318 e. The topological polar surface area (TPSA) is 76.7 Å². The molecule has 0 spiro atoms. The number of benzene rings is 1. The summed E-state index contributed by atoms with van der Waals surface area (Å²) in [6.45, 7) is 8.44. The molecule has 0 radical (unpaired) electrons. The van der Waals surface area contributed by atoms with Crippen molar-refractivity contribution in [2.75, 3.05) is 0 Å². The Labute approximate surface area is 174 Å². The van der Waals surface area contributed by atoms with Crippen LogP contribution in [-0.2, 0) is 0 Å². The number of allylic oxidation sites excluding steroid dienone is 3. The van der Waals surface area contributed by atoms with Gasteiger partial charge in [-0.25, -0.2) is 4.58 Å². The molecule has 0 saturated heterocycles. The Morgan fingerprint density at radius 1 is 1.14 bits per heavy atom. The summed E-state index contributed by atoms with van der Waals surface area (Å²) in [5.74, 6) is 1.29. The number of amidine groups is 2. The number of hydrogen-bond donors (Lipinski definition) is 2. The van der Waals surface area contributed by atoms with Crippen LogP contribution in [0.25, 0.3) is 0 Å². The molecule has 0 amide bonds. The van der Waals surface area contributed by atoms with Gasteiger partial charge in [0, 0.05) is 17.1 Å². The fourth-order valence-electron chi connectivity index (χ4n) is 4.84. The highest BCUT2D eigenvalue weighted by Gasteiger charge is 2.40. The zero-order valence-electron chi connectivity index (χ0n) is 17.9. The second-order valence-electron chi connectivity index (χ2n) is 8.32. The molecule has 0 heterocycles. The molecule has 4 nitrogen and oxygen atoms in total. The molecule has 3 unspecified atom stereocenters. The van der Waals surface area contributed by atoms with Crippen LogP contribution < -0.4 is 5.73 Å². The lowest BCUT2D eigenvalue weighted by molar-refractivity contribution is -0.476. The van der Waals surface area contributed by atoms with E-state index in [0.29, 0.717) is 11.7 Å². The highest BCUT2D eigenvalue weighted by molar-refractivity contribution is 6.03. The van der Waals surface area contributed by atoms with Crippen LogP contribution in [0.15, 0.2) is 64.8 Å². The second kappa shape index (κ2) is 8.61. The van der Waals surface area contributed by atoms with Crippen LogP contribution in [0.2, 0.25) is 0 Å². The molecule has 3 rings (SSSR count). The van der Waals surface area contributed by atoms with Crippen LogP contribution in [0.4, 0.5) is 0 Å². The minimum atomic E-state index is -0.0447. The summed E-state index contributed by atoms with van der Waals surface area (Å²) in [7, 11) is 0. The van der Waals surface area contributed by atoms with Gasteiger partial charge in [0.2, 0.25) is 5.84 Å². The summed E-state index contributed by atoms with van der Waals surface area (Å²) in [4.78, 5) is 0. The summed E-state index contributed by atoms with van der Waals surface area (Å²) in [6.07, 6.45) is 7.22. The zero-order chi connectivity index (χ0) is 21.1. The van der Waals surface area contributed by atoms with Crippen molar-refractivity contribution in [2.24, 2.45) is 17.6 Å². The van der Waals surface area contributed by atoms with E-state index in [9.17, 15) is 5.26 Å². The van der Waals surface area contributed by atoms with Crippen molar-refractivity contribution in [1.82, 2.24) is 0 Å². The molecule has 3 atom stereocenters. The van der Waals surface area contributed by atoms with Crippen molar-refractivity contribution < 1.29 is 4.58 Å². The molecule has 150 valence electrons. The van der Waals surface area contributed by atoms with E-state index < -0.39 is 0 Å². The normalized spacial score (nSPS) is 25.6. The Bertz CT molecular complexity index is 970. The predicted octanol–water partition coefficient (Wildman–Crippen LogP) is 4.93. The third-order valence-electron chi connectivity index (χ3n) is 6.27. The molecule has 1 aromatic rings. The fraction of sp³-hybridized carbons (Fsp3) is 0.400. The van der Waals surface area contributed by atoms with Gasteiger partial charge in [0.15, 0.2) is 0 Å². The third-order valence-corrected chi connectivity index (χ3v) is 6.27. The zero-order valence-corrected chi connectivity index (χ0v) is 17.9. The smallest absolute Gasteiger partial charge is 0.262 e. The second-order valence-corrected chi connectivity index (χ2v) is 8.32. The molecule has 0 aromatic heterocycles. The molecule has 0 fully saturated rings. The van der Waals surface area contributed by atoms with E-state index in [0.717, 1.165) is 47.1 Å². The molecule has 0 aliphatic heterocycles. The van der Waals surface area contributed by atoms with E-state index in [2.05, 4.69) is 45.9 Å². The molecule has 2 aliphatic carbocycles. The van der Waals surface area contributed by atoms with Crippen molar-refractivity contribution in [1.29, 1.82) is 10.7 Å². The third kappa shape index (κ3) is 3.96. The molecule has 3 N–H and O–H groups in total. The number of hydrogen-bond acceptors (Lipinski definition) is 2. The lowest BCUT2D eigenvalue weighted by atomic mass is 9.74. The van der Waals surface area contributed by atoms with Crippen LogP contribution >= 0.6 is 0 Å². The first-order chi connectivity index (χ1) is 13.9. The van der Waals surface area contributed by atoms with Gasteiger partial charge in [-0.05, 0) is 56.7 Å². The SMILES string of the molecule is CC1=CCCC=C1C(N)=[N+](C(=N)c1ccccc1)C1C(C)CC(C)=C(C#N)C1C. The molecule has 0 saturated carbocycles. The van der Waals surface area contributed by atoms with Crippen LogP contribution in [0, 0.1) is 28.6 Å². The van der Waals surface area contributed by atoms with Gasteiger partial charge in [0.05, 0.1) is 17.7 Å². The van der Waals surface area contributed by atoms with Crippen LogP contribution in [0.1, 0.15) is 52.5 Å². The number of rotatable bonds is 3. The van der Waals surface area contributed by atoms with Crippen LogP contribution in [-0.4, -0.2) is 22.3 Å². The van der Waals surface area contributed by atoms with Gasteiger partial charge in [-0.2, -0.15) is 10.7 Å². The minimum absolute atomic E-state index is 0.000150. The summed E-state index contributed by atoms with van der Waals surface area (Å²) in [5.41, 5.74) is 11.8. The first kappa shape index (κ1) is 20.8. The lowest BCUT2D eigenvalue weighted by Gasteiger charge is -2.36. The largest absolute Gasteiger partial charge is 0.318 e. The first-order valence-electron chi connectivity index (χ1n) is 10.4. The summed E-state index contributed by atoms with van der Waals surface area (Å²) < 4.78 is 1.99. The Morgan fingerprint density at radius 3 is 2.41 bits per heavy atom. The van der Waals surface area contributed by atoms with E-state index in [1.165, 1.54) is 0 Å². The maximum atomic E-state index is 9.76. The summed E-state index contributed by atoms with van der Waals surface area (Å²) >= 11 is 0. The van der Waals surface area contributed by atoms with E-state index in [1.807, 2.05) is 34.9 Å². The molecule has 0 bridgehead atoms. The van der Waals surface area contributed by atoms with Crippen LogP contribution in [0.5, 0.6) is 0 Å². The van der Waals surface area contributed by atoms with Crippen molar-refractivity contribution in [2.45, 2.75) is 53.0 Å². The van der Waals surface area contributed by atoms with E-state index in [1.54, 1.807) is 0 Å². The van der Waals surface area contributed by atoms with E-state index >= 15 is 0 Å². The molecule has 29 heavy (non-hydrogen) atoms. The summed E-state index contributed by atoms with van der Waals surface area (Å²) in [5, 5.41) is 18.8. The highest BCUT2D eigenvalue weighted by atomic mass is 15.1. The molecule has 1 aromatic carbocycles. The Hall–Kier alpha value is -2.93. The van der Waals surface area contributed by atoms with Crippen molar-refractivity contribution in [3.8, 4) is 6.07 Å². The van der Waals surface area contributed by atoms with Gasteiger partial charge in [0.1, 0.15) is 0 Å². The van der Waals surface area contributed by atoms with E-state index in [-0.39, 0.29) is 17.9 Å². The van der Waals surface area contributed by atoms with Gasteiger partial charge in [-0.3, -0.25) is 0 Å². The number of nitriles is 1. The van der Waals surface area contributed by atoms with Gasteiger partial charge >= 0.3 is 0 Å². The van der Waals surface area contributed by atoms with Gasteiger partial charge in [-0.1, -0.05) is 49.8 Å². The molecular weight excluding hydrogens is 356 g/mol. The Morgan fingerprint density at radius 2 is 1.79 bits per heavy atom. The van der Waals surface area contributed by atoms with Crippen LogP contribution in [0.3, 0.4) is 0 Å². The average molecular weight is 388 g/mol. The van der Waals surface area contributed by atoms with Crippen molar-refractivity contribution in [3.63, 3.8) is 0 Å². The highest BCUT2D eigenvalue weighted by Crippen LogP contribution is 2.36. The number of nitrogens with zero attached hydrogens (tertiary/aromatic N) is 2. The Kier molecular flexibility index (Phi) is 6.17. The molecular formula is C25H31N4+. The standard InChI is InChI=1S/C25H30N4/c1-16-10-8-9-13-21(16)25(28)29(24(27)20-11-6-5-7-12-20)23-18(3)14-17(2)22(15-26)19(23)4/h5-7,10-13,18-19,23,27-28H,8-9,14H2,1-4H3/p+1. The molecule has 4 heteroatoms. The Balaban J connectivity index is 2.20. The van der Waals surface area contributed by atoms with Crippen molar-refractivity contribution >= 4 is 11.7 Å². The van der Waals surface area contributed by atoms with Crippen molar-refractivity contribution in [3.05, 3.63) is 70.3 Å². The number of nitrogens with two attached hydrogens (primary N) is 1. The maximum Gasteiger partial charge on any atom is 0.262 e. The average Bonchev–Trinajstić information content (AvgIpc) is 2.71. The monoisotopic (exact) mass is 387 g/mol. The maximum absolute atomic E-state index is 9.76. The first-order valence-corrected chi connectivity index (χ1v) is 10.4. The lowest BCUT2D eigenvalue weighted by Crippen LogP contribution is -2.49. The quantitative estimate of drug-likeness (QED) is 0.438. The number of nitrogens with one attached hydrogen (secondary N) is 1. The van der Waals surface area contributed by atoms with Gasteiger partial charge in [-0.15, -0.1) is 0 Å². The molecule has 2 aliphatic rings. The fourth-order valence-corrected chi connectivity index (χ4v) is 4.84. The summed E-state index contributed by atoms with van der Waals surface area (Å²) in [6, 6.07) is 12.1. The van der Waals surface area contributed by atoms with Gasteiger partial charge in [0.25, 0.3) is 5.84 Å². The van der Waals surface area contributed by atoms with E-state index in [4.69, 9.17) is 11.1 Å². The van der Waals surface area contributed by atoms with Gasteiger partial charge < -0.3 is 5.73 Å².